The van der Waals surface area contributed by atoms with Gasteiger partial charge in [0.15, 0.2) is 5.76 Å². The summed E-state index contributed by atoms with van der Waals surface area (Å²) in [5, 5.41) is 7.35. The Morgan fingerprint density at radius 2 is 1.81 bits per heavy atom. The van der Waals surface area contributed by atoms with Crippen LogP contribution in [0.2, 0.25) is 0 Å². The van der Waals surface area contributed by atoms with Crippen molar-refractivity contribution in [3.63, 3.8) is 0 Å². The van der Waals surface area contributed by atoms with Crippen molar-refractivity contribution in [2.75, 3.05) is 0 Å². The summed E-state index contributed by atoms with van der Waals surface area (Å²) in [7, 11) is 0. The molecule has 0 aromatic carbocycles. The first kappa shape index (κ1) is 16.2. The minimum atomic E-state index is -0.0584. The first-order chi connectivity index (χ1) is 12.5. The number of nitrogens with one attached hydrogen (secondary N) is 1. The van der Waals surface area contributed by atoms with Crippen molar-refractivity contribution in [1.29, 1.82) is 0 Å². The van der Waals surface area contributed by atoms with Gasteiger partial charge >= 0.3 is 0 Å². The Hall–Kier alpha value is -2.04. The van der Waals surface area contributed by atoms with E-state index in [0.29, 0.717) is 12.2 Å². The lowest BCUT2D eigenvalue weighted by atomic mass is 9.53. The maximum absolute atomic E-state index is 12.8. The minimum absolute atomic E-state index is 0.0143. The SMILES string of the molecule is Cc1noc(C)c1Cc1ccc(C(=O)NC23CC4CC(CC(C4)C2)C3)o1. The summed E-state index contributed by atoms with van der Waals surface area (Å²) in [5.41, 5.74) is 1.92. The molecule has 5 nitrogen and oxygen atoms in total. The third kappa shape index (κ3) is 2.68. The van der Waals surface area contributed by atoms with E-state index in [-0.39, 0.29) is 11.4 Å². The summed E-state index contributed by atoms with van der Waals surface area (Å²) in [6.45, 7) is 3.83. The summed E-state index contributed by atoms with van der Waals surface area (Å²) in [6.07, 6.45) is 8.17. The normalized spacial score (nSPS) is 32.2. The molecule has 0 unspecified atom stereocenters. The third-order valence-electron chi connectivity index (χ3n) is 6.83. The minimum Gasteiger partial charge on any atom is -0.456 e. The van der Waals surface area contributed by atoms with Crippen LogP contribution in [0.15, 0.2) is 21.1 Å². The summed E-state index contributed by atoms with van der Waals surface area (Å²) >= 11 is 0. The van der Waals surface area contributed by atoms with Gasteiger partial charge in [0.1, 0.15) is 11.5 Å². The lowest BCUT2D eigenvalue weighted by molar-refractivity contribution is -0.0171. The van der Waals surface area contributed by atoms with Crippen LogP contribution in [0.1, 0.15) is 71.9 Å². The summed E-state index contributed by atoms with van der Waals surface area (Å²) in [4.78, 5) is 12.8. The number of aromatic nitrogens is 1. The number of carbonyl (C=O) groups excluding carboxylic acids is 1. The second kappa shape index (κ2) is 5.73. The number of carbonyl (C=O) groups is 1. The molecule has 1 N–H and O–H groups in total. The summed E-state index contributed by atoms with van der Waals surface area (Å²) in [5.74, 6) is 4.38. The van der Waals surface area contributed by atoms with Crippen LogP contribution in [0.4, 0.5) is 0 Å². The molecule has 26 heavy (non-hydrogen) atoms. The molecule has 4 aliphatic carbocycles. The highest BCUT2D eigenvalue weighted by Crippen LogP contribution is 2.55. The average Bonchev–Trinajstić information content (AvgIpc) is 3.15. The molecule has 2 aromatic rings. The Labute approximate surface area is 153 Å². The Morgan fingerprint density at radius 1 is 1.15 bits per heavy atom. The summed E-state index contributed by atoms with van der Waals surface area (Å²) in [6, 6.07) is 3.68. The quantitative estimate of drug-likeness (QED) is 0.894. The number of hydrogen-bond donors (Lipinski definition) is 1. The first-order valence-electron chi connectivity index (χ1n) is 9.83. The highest BCUT2D eigenvalue weighted by atomic mass is 16.5. The molecule has 5 heteroatoms. The second-order valence-corrected chi connectivity index (χ2v) is 8.90. The second-order valence-electron chi connectivity index (χ2n) is 8.90. The van der Waals surface area contributed by atoms with E-state index < -0.39 is 0 Å². The highest BCUT2D eigenvalue weighted by Gasteiger charge is 2.51. The first-order valence-corrected chi connectivity index (χ1v) is 9.83. The lowest BCUT2D eigenvalue weighted by Gasteiger charge is -2.56. The molecule has 138 valence electrons. The Balaban J connectivity index is 1.30. The number of rotatable bonds is 4. The van der Waals surface area contributed by atoms with Gasteiger partial charge in [-0.3, -0.25) is 4.79 Å². The lowest BCUT2D eigenvalue weighted by Crippen LogP contribution is -2.59. The fourth-order valence-electron chi connectivity index (χ4n) is 6.09. The van der Waals surface area contributed by atoms with Crippen molar-refractivity contribution in [3.05, 3.63) is 40.7 Å². The van der Waals surface area contributed by atoms with Gasteiger partial charge < -0.3 is 14.3 Å². The van der Waals surface area contributed by atoms with Crippen molar-refractivity contribution >= 4 is 5.91 Å². The van der Waals surface area contributed by atoms with Crippen molar-refractivity contribution in [2.24, 2.45) is 17.8 Å². The van der Waals surface area contributed by atoms with E-state index in [1.54, 1.807) is 6.07 Å². The molecule has 0 aliphatic heterocycles. The van der Waals surface area contributed by atoms with E-state index in [0.717, 1.165) is 59.8 Å². The monoisotopic (exact) mass is 354 g/mol. The van der Waals surface area contributed by atoms with Gasteiger partial charge in [0.2, 0.25) is 0 Å². The summed E-state index contributed by atoms with van der Waals surface area (Å²) < 4.78 is 11.1. The standard InChI is InChI=1S/C21H26N2O3/c1-12-18(13(2)26-23-12)8-17-3-4-19(25-17)20(24)22-21-9-14-5-15(10-21)7-16(6-14)11-21/h3-4,14-16H,5-11H2,1-2H3,(H,22,24). The molecule has 0 spiro atoms. The Bertz CT molecular complexity index is 793. The van der Waals surface area contributed by atoms with Gasteiger partial charge in [-0.2, -0.15) is 0 Å². The zero-order valence-electron chi connectivity index (χ0n) is 15.5. The van der Waals surface area contributed by atoms with Gasteiger partial charge in [-0.05, 0) is 82.3 Å². The van der Waals surface area contributed by atoms with E-state index in [1.807, 2.05) is 19.9 Å². The van der Waals surface area contributed by atoms with Gasteiger partial charge in [-0.25, -0.2) is 0 Å². The van der Waals surface area contributed by atoms with Crippen LogP contribution in [-0.4, -0.2) is 16.6 Å². The number of nitrogens with zero attached hydrogens (tertiary/aromatic N) is 1. The molecule has 1 amide bonds. The predicted octanol–water partition coefficient (Wildman–Crippen LogP) is 4.17. The van der Waals surface area contributed by atoms with Gasteiger partial charge in [0.05, 0.1) is 5.69 Å². The topological polar surface area (TPSA) is 68.3 Å². The fourth-order valence-corrected chi connectivity index (χ4v) is 6.09. The number of aryl methyl sites for hydroxylation is 2. The Morgan fingerprint density at radius 3 is 2.38 bits per heavy atom. The molecule has 0 radical (unpaired) electrons. The van der Waals surface area contributed by atoms with Crippen LogP contribution in [0.3, 0.4) is 0 Å². The number of hydrogen-bond acceptors (Lipinski definition) is 4. The molecular weight excluding hydrogens is 328 g/mol. The van der Waals surface area contributed by atoms with Crippen molar-refractivity contribution in [1.82, 2.24) is 10.5 Å². The number of furan rings is 1. The Kier molecular flexibility index (Phi) is 3.56. The molecule has 6 rings (SSSR count). The van der Waals surface area contributed by atoms with Crippen LogP contribution in [0.25, 0.3) is 0 Å². The van der Waals surface area contributed by atoms with Crippen LogP contribution in [0.5, 0.6) is 0 Å². The molecule has 2 heterocycles. The average molecular weight is 354 g/mol. The van der Waals surface area contributed by atoms with Crippen LogP contribution in [0, 0.1) is 31.6 Å². The maximum atomic E-state index is 12.8. The van der Waals surface area contributed by atoms with Crippen LogP contribution < -0.4 is 5.32 Å². The molecule has 4 aliphatic rings. The van der Waals surface area contributed by atoms with E-state index in [4.69, 9.17) is 8.94 Å². The molecule has 0 atom stereocenters. The van der Waals surface area contributed by atoms with E-state index in [1.165, 1.54) is 19.3 Å². The largest absolute Gasteiger partial charge is 0.456 e. The van der Waals surface area contributed by atoms with Crippen molar-refractivity contribution in [3.8, 4) is 0 Å². The zero-order valence-corrected chi connectivity index (χ0v) is 15.5. The van der Waals surface area contributed by atoms with Gasteiger partial charge in [-0.1, -0.05) is 5.16 Å². The highest BCUT2D eigenvalue weighted by molar-refractivity contribution is 5.92. The maximum Gasteiger partial charge on any atom is 0.287 e. The van der Waals surface area contributed by atoms with Gasteiger partial charge in [0.25, 0.3) is 5.91 Å². The zero-order chi connectivity index (χ0) is 17.9. The van der Waals surface area contributed by atoms with Crippen LogP contribution >= 0.6 is 0 Å². The predicted molar refractivity (Wildman–Crippen MR) is 95.9 cm³/mol. The molecule has 0 saturated heterocycles. The molecule has 4 fully saturated rings. The van der Waals surface area contributed by atoms with Crippen LogP contribution in [-0.2, 0) is 6.42 Å². The van der Waals surface area contributed by atoms with Crippen molar-refractivity contribution < 1.29 is 13.7 Å². The van der Waals surface area contributed by atoms with Crippen molar-refractivity contribution in [2.45, 2.75) is 64.3 Å². The van der Waals surface area contributed by atoms with Gasteiger partial charge in [-0.15, -0.1) is 0 Å². The number of amides is 1. The van der Waals surface area contributed by atoms with E-state index in [9.17, 15) is 4.79 Å². The van der Waals surface area contributed by atoms with E-state index >= 15 is 0 Å². The smallest absolute Gasteiger partial charge is 0.287 e. The molecular formula is C21H26N2O3. The third-order valence-corrected chi connectivity index (χ3v) is 6.83. The van der Waals surface area contributed by atoms with E-state index in [2.05, 4.69) is 10.5 Å². The molecule has 4 saturated carbocycles. The molecule has 4 bridgehead atoms. The molecule has 2 aromatic heterocycles. The van der Waals surface area contributed by atoms with Gasteiger partial charge in [0, 0.05) is 17.5 Å². The fraction of sp³-hybridized carbons (Fsp3) is 0.619.